The van der Waals surface area contributed by atoms with Crippen molar-refractivity contribution in [3.05, 3.63) is 54.6 Å². The van der Waals surface area contributed by atoms with Crippen molar-refractivity contribution in [2.45, 2.75) is 43.9 Å². The minimum atomic E-state index is -4.40. The quantitative estimate of drug-likeness (QED) is 0.580. The van der Waals surface area contributed by atoms with Crippen LogP contribution in [0.15, 0.2) is 43.4 Å². The maximum absolute atomic E-state index is 13.3. The van der Waals surface area contributed by atoms with E-state index in [1.807, 2.05) is 9.80 Å². The third-order valence-corrected chi connectivity index (χ3v) is 5.94. The monoisotopic (exact) mass is 458 g/mol. The summed E-state index contributed by atoms with van der Waals surface area (Å²) in [5.74, 6) is 0.834. The molecular formula is C21H21F3N8O. The van der Waals surface area contributed by atoms with E-state index >= 15 is 0 Å². The number of rotatable bonds is 5. The molecule has 0 unspecified atom stereocenters. The molecule has 1 saturated carbocycles. The summed E-state index contributed by atoms with van der Waals surface area (Å²) in [6, 6.07) is 2.68. The second kappa shape index (κ2) is 8.41. The summed E-state index contributed by atoms with van der Waals surface area (Å²) in [6.07, 6.45) is 5.62. The summed E-state index contributed by atoms with van der Waals surface area (Å²) < 4.78 is 39.8. The van der Waals surface area contributed by atoms with Crippen LogP contribution in [-0.4, -0.2) is 65.7 Å². The molecule has 2 aliphatic rings. The SMILES string of the molecule is O=C(c1cnc(-n2cncn2)cn1)N(C1CC1)C1CCN(c2ccc(C(F)(F)F)cn2)CC1. The normalized spacial score (nSPS) is 17.2. The van der Waals surface area contributed by atoms with E-state index in [0.29, 0.717) is 37.6 Å². The van der Waals surface area contributed by atoms with Crippen LogP contribution in [-0.2, 0) is 6.18 Å². The molecule has 1 aliphatic carbocycles. The first-order chi connectivity index (χ1) is 15.9. The first kappa shape index (κ1) is 21.3. The third kappa shape index (κ3) is 4.50. The molecule has 0 N–H and O–H groups in total. The predicted octanol–water partition coefficient (Wildman–Crippen LogP) is 2.74. The molecule has 1 saturated heterocycles. The van der Waals surface area contributed by atoms with Gasteiger partial charge >= 0.3 is 6.18 Å². The van der Waals surface area contributed by atoms with Gasteiger partial charge in [-0.3, -0.25) is 4.79 Å². The number of hydrogen-bond donors (Lipinski definition) is 0. The Hall–Kier alpha value is -3.57. The Balaban J connectivity index is 1.25. The van der Waals surface area contributed by atoms with Crippen LogP contribution in [0.5, 0.6) is 0 Å². The predicted molar refractivity (Wildman–Crippen MR) is 111 cm³/mol. The van der Waals surface area contributed by atoms with Gasteiger partial charge in [0.1, 0.15) is 24.2 Å². The maximum Gasteiger partial charge on any atom is 0.417 e. The summed E-state index contributed by atoms with van der Waals surface area (Å²) in [6.45, 7) is 1.22. The van der Waals surface area contributed by atoms with Gasteiger partial charge in [0.25, 0.3) is 5.91 Å². The zero-order chi connectivity index (χ0) is 23.0. The van der Waals surface area contributed by atoms with Crippen LogP contribution in [0.3, 0.4) is 0 Å². The van der Waals surface area contributed by atoms with Gasteiger partial charge < -0.3 is 9.80 Å². The van der Waals surface area contributed by atoms with Gasteiger partial charge in [-0.15, -0.1) is 0 Å². The number of alkyl halides is 3. The van der Waals surface area contributed by atoms with Crippen LogP contribution in [0.4, 0.5) is 19.0 Å². The van der Waals surface area contributed by atoms with E-state index in [2.05, 4.69) is 25.0 Å². The summed E-state index contributed by atoms with van der Waals surface area (Å²) in [5, 5.41) is 4.00. The molecular weight excluding hydrogens is 437 g/mol. The largest absolute Gasteiger partial charge is 0.417 e. The Labute approximate surface area is 187 Å². The van der Waals surface area contributed by atoms with Gasteiger partial charge in [0, 0.05) is 31.4 Å². The lowest BCUT2D eigenvalue weighted by Gasteiger charge is -2.39. The molecule has 9 nitrogen and oxygen atoms in total. The minimum absolute atomic E-state index is 0.0347. The Morgan fingerprint density at radius 1 is 0.939 bits per heavy atom. The van der Waals surface area contributed by atoms with Crippen LogP contribution in [0.25, 0.3) is 5.82 Å². The fraction of sp³-hybridized carbons (Fsp3) is 0.429. The van der Waals surface area contributed by atoms with Crippen LogP contribution < -0.4 is 4.90 Å². The molecule has 3 aromatic heterocycles. The van der Waals surface area contributed by atoms with E-state index in [9.17, 15) is 18.0 Å². The highest BCUT2D eigenvalue weighted by Gasteiger charge is 2.39. The first-order valence-corrected chi connectivity index (χ1v) is 10.7. The number of aromatic nitrogens is 6. The number of pyridine rings is 1. The highest BCUT2D eigenvalue weighted by molar-refractivity contribution is 5.92. The average molecular weight is 458 g/mol. The fourth-order valence-electron chi connectivity index (χ4n) is 4.11. The number of anilines is 1. The van der Waals surface area contributed by atoms with Gasteiger partial charge in [-0.05, 0) is 37.8 Å². The van der Waals surface area contributed by atoms with E-state index in [0.717, 1.165) is 25.1 Å². The van der Waals surface area contributed by atoms with Crippen LogP contribution in [0, 0.1) is 0 Å². The zero-order valence-corrected chi connectivity index (χ0v) is 17.6. The molecule has 0 aromatic carbocycles. The smallest absolute Gasteiger partial charge is 0.356 e. The van der Waals surface area contributed by atoms with Crippen molar-refractivity contribution in [1.82, 2.24) is 34.6 Å². The maximum atomic E-state index is 13.3. The second-order valence-corrected chi connectivity index (χ2v) is 8.16. The highest BCUT2D eigenvalue weighted by atomic mass is 19.4. The van der Waals surface area contributed by atoms with Crippen molar-refractivity contribution >= 4 is 11.7 Å². The molecule has 33 heavy (non-hydrogen) atoms. The standard InChI is InChI=1S/C21H21F3N8O/c22-21(23,24)14-1-4-18(27-9-14)30-7-5-16(6-8-30)32(15-2-3-15)20(33)17-10-28-19(11-26-17)31-13-25-12-29-31/h1,4,9-13,15-16H,2-3,5-8H2. The van der Waals surface area contributed by atoms with Crippen LogP contribution in [0.1, 0.15) is 41.7 Å². The number of piperidine rings is 1. The topological polar surface area (TPSA) is 92.9 Å². The number of carbonyl (C=O) groups is 1. The molecule has 0 radical (unpaired) electrons. The number of nitrogens with zero attached hydrogens (tertiary/aromatic N) is 8. The van der Waals surface area contributed by atoms with Gasteiger partial charge in [0.15, 0.2) is 5.82 Å². The van der Waals surface area contributed by atoms with E-state index in [-0.39, 0.29) is 23.7 Å². The molecule has 4 heterocycles. The molecule has 5 rings (SSSR count). The van der Waals surface area contributed by atoms with Crippen molar-refractivity contribution in [1.29, 1.82) is 0 Å². The summed E-state index contributed by atoms with van der Waals surface area (Å²) in [5.41, 5.74) is -0.486. The highest BCUT2D eigenvalue weighted by Crippen LogP contribution is 2.34. The fourth-order valence-corrected chi connectivity index (χ4v) is 4.11. The van der Waals surface area contributed by atoms with Gasteiger partial charge in [0.2, 0.25) is 0 Å². The lowest BCUT2D eigenvalue weighted by atomic mass is 10.0. The molecule has 172 valence electrons. The van der Waals surface area contributed by atoms with E-state index in [4.69, 9.17) is 0 Å². The Bertz CT molecular complexity index is 1090. The van der Waals surface area contributed by atoms with E-state index in [1.165, 1.54) is 35.8 Å². The van der Waals surface area contributed by atoms with Crippen molar-refractivity contribution < 1.29 is 18.0 Å². The summed E-state index contributed by atoms with van der Waals surface area (Å²) in [7, 11) is 0. The van der Waals surface area contributed by atoms with Gasteiger partial charge in [0.05, 0.1) is 18.0 Å². The van der Waals surface area contributed by atoms with Crippen molar-refractivity contribution in [3.8, 4) is 5.82 Å². The second-order valence-electron chi connectivity index (χ2n) is 8.16. The summed E-state index contributed by atoms with van der Waals surface area (Å²) >= 11 is 0. The number of hydrogen-bond acceptors (Lipinski definition) is 7. The molecule has 1 amide bonds. The van der Waals surface area contributed by atoms with Crippen molar-refractivity contribution in [2.24, 2.45) is 0 Å². The van der Waals surface area contributed by atoms with E-state index in [1.54, 1.807) is 0 Å². The third-order valence-electron chi connectivity index (χ3n) is 5.94. The molecule has 2 fully saturated rings. The Kier molecular flexibility index (Phi) is 5.43. The minimum Gasteiger partial charge on any atom is -0.356 e. The van der Waals surface area contributed by atoms with E-state index < -0.39 is 11.7 Å². The van der Waals surface area contributed by atoms with Crippen LogP contribution >= 0.6 is 0 Å². The number of amides is 1. The van der Waals surface area contributed by atoms with Gasteiger partial charge in [-0.1, -0.05) is 0 Å². The molecule has 0 atom stereocenters. The molecule has 1 aliphatic heterocycles. The molecule has 0 spiro atoms. The van der Waals surface area contributed by atoms with Crippen molar-refractivity contribution in [2.75, 3.05) is 18.0 Å². The Morgan fingerprint density at radius 2 is 1.67 bits per heavy atom. The lowest BCUT2D eigenvalue weighted by molar-refractivity contribution is -0.137. The lowest BCUT2D eigenvalue weighted by Crippen LogP contribution is -2.49. The van der Waals surface area contributed by atoms with Crippen molar-refractivity contribution in [3.63, 3.8) is 0 Å². The zero-order valence-electron chi connectivity index (χ0n) is 17.6. The Morgan fingerprint density at radius 3 is 2.21 bits per heavy atom. The number of halogens is 3. The average Bonchev–Trinajstić information content (AvgIpc) is 3.50. The number of carbonyl (C=O) groups excluding carboxylic acids is 1. The molecule has 0 bridgehead atoms. The van der Waals surface area contributed by atoms with Gasteiger partial charge in [-0.2, -0.15) is 18.3 Å². The molecule has 3 aromatic rings. The first-order valence-electron chi connectivity index (χ1n) is 10.7. The summed E-state index contributed by atoms with van der Waals surface area (Å²) in [4.78, 5) is 33.6. The van der Waals surface area contributed by atoms with Gasteiger partial charge in [-0.25, -0.2) is 24.6 Å². The van der Waals surface area contributed by atoms with Crippen LogP contribution in [0.2, 0.25) is 0 Å². The molecule has 12 heteroatoms.